The van der Waals surface area contributed by atoms with Crippen molar-refractivity contribution < 1.29 is 19.0 Å². The van der Waals surface area contributed by atoms with E-state index in [4.69, 9.17) is 25.8 Å². The average Bonchev–Trinajstić information content (AvgIpc) is 2.69. The van der Waals surface area contributed by atoms with Crippen LogP contribution in [0.15, 0.2) is 42.5 Å². The average molecular weight is 401 g/mol. The molecule has 0 aliphatic carbocycles. The lowest BCUT2D eigenvalue weighted by molar-refractivity contribution is 0.0594. The van der Waals surface area contributed by atoms with E-state index in [1.165, 1.54) is 7.11 Å². The Balaban J connectivity index is 2.13. The molecule has 0 aliphatic rings. The minimum Gasteiger partial charge on any atom is -0.494 e. The number of fused-ring (bicyclic) bond motifs is 1. The number of methoxy groups -OCH3 is 1. The molecule has 7 heteroatoms. The molecule has 0 bridgehead atoms. The van der Waals surface area contributed by atoms with Crippen molar-refractivity contribution in [3.05, 3.63) is 53.2 Å². The summed E-state index contributed by atoms with van der Waals surface area (Å²) in [5.41, 5.74) is 2.17. The van der Waals surface area contributed by atoms with E-state index in [0.717, 1.165) is 5.39 Å². The number of benzene rings is 2. The number of aromatic nitrogens is 1. The first-order chi connectivity index (χ1) is 13.5. The lowest BCUT2D eigenvalue weighted by Gasteiger charge is -2.16. The van der Waals surface area contributed by atoms with E-state index in [-0.39, 0.29) is 5.69 Å². The number of esters is 1. The van der Waals surface area contributed by atoms with Crippen LogP contribution in [-0.4, -0.2) is 31.3 Å². The Bertz CT molecular complexity index is 1010. The highest BCUT2D eigenvalue weighted by atomic mass is 35.5. The van der Waals surface area contributed by atoms with E-state index in [2.05, 4.69) is 10.3 Å². The highest BCUT2D eigenvalue weighted by molar-refractivity contribution is 6.31. The van der Waals surface area contributed by atoms with Gasteiger partial charge in [0.25, 0.3) is 0 Å². The molecular weight excluding hydrogens is 380 g/mol. The minimum atomic E-state index is -0.520. The lowest BCUT2D eigenvalue weighted by atomic mass is 10.1. The van der Waals surface area contributed by atoms with Gasteiger partial charge in [-0.05, 0) is 50.2 Å². The van der Waals surface area contributed by atoms with Gasteiger partial charge in [0.05, 0.1) is 37.2 Å². The second-order valence-electron chi connectivity index (χ2n) is 5.86. The number of ether oxygens (including phenoxy) is 3. The summed E-state index contributed by atoms with van der Waals surface area (Å²) in [7, 11) is 1.32. The van der Waals surface area contributed by atoms with Gasteiger partial charge in [-0.3, -0.25) is 0 Å². The van der Waals surface area contributed by atoms with Crippen LogP contribution in [-0.2, 0) is 4.74 Å². The maximum Gasteiger partial charge on any atom is 0.356 e. The summed E-state index contributed by atoms with van der Waals surface area (Å²) in [6.07, 6.45) is 0. The third kappa shape index (κ3) is 4.28. The fraction of sp³-hybridized carbons (Fsp3) is 0.238. The van der Waals surface area contributed by atoms with Gasteiger partial charge in [0.15, 0.2) is 5.69 Å². The Morgan fingerprint density at radius 3 is 2.54 bits per heavy atom. The molecule has 0 aliphatic heterocycles. The van der Waals surface area contributed by atoms with Crippen LogP contribution in [0.3, 0.4) is 0 Å². The van der Waals surface area contributed by atoms with Gasteiger partial charge in [-0.2, -0.15) is 0 Å². The largest absolute Gasteiger partial charge is 0.494 e. The number of halogens is 1. The van der Waals surface area contributed by atoms with E-state index in [1.54, 1.807) is 24.3 Å². The predicted molar refractivity (Wildman–Crippen MR) is 110 cm³/mol. The first-order valence-corrected chi connectivity index (χ1v) is 9.28. The smallest absolute Gasteiger partial charge is 0.356 e. The van der Waals surface area contributed by atoms with Gasteiger partial charge in [0.2, 0.25) is 0 Å². The summed E-state index contributed by atoms with van der Waals surface area (Å²) in [6, 6.07) is 12.4. The van der Waals surface area contributed by atoms with Crippen molar-refractivity contribution in [1.29, 1.82) is 0 Å². The summed E-state index contributed by atoms with van der Waals surface area (Å²) in [5, 5.41) is 4.67. The monoisotopic (exact) mass is 400 g/mol. The molecule has 3 rings (SSSR count). The van der Waals surface area contributed by atoms with E-state index in [1.807, 2.05) is 32.0 Å². The Labute approximate surface area is 168 Å². The third-order valence-electron chi connectivity index (χ3n) is 4.00. The summed E-state index contributed by atoms with van der Waals surface area (Å²) in [4.78, 5) is 16.4. The van der Waals surface area contributed by atoms with Gasteiger partial charge in [-0.15, -0.1) is 0 Å². The van der Waals surface area contributed by atoms with E-state index >= 15 is 0 Å². The molecule has 0 saturated heterocycles. The molecule has 2 aromatic carbocycles. The van der Waals surface area contributed by atoms with Crippen LogP contribution in [0.5, 0.6) is 11.5 Å². The van der Waals surface area contributed by atoms with Gasteiger partial charge < -0.3 is 19.5 Å². The molecule has 1 N–H and O–H groups in total. The van der Waals surface area contributed by atoms with Crippen LogP contribution in [0.2, 0.25) is 5.02 Å². The van der Waals surface area contributed by atoms with Crippen LogP contribution in [0, 0.1) is 0 Å². The van der Waals surface area contributed by atoms with Crippen LogP contribution < -0.4 is 14.8 Å². The molecule has 0 atom stereocenters. The molecule has 0 saturated carbocycles. The number of carbonyl (C=O) groups excluding carboxylic acids is 1. The SMILES string of the molecule is CCOc1ccc(OCC)c(Nc2cc(C(=O)OC)nc3ccc(Cl)cc23)c1. The quantitative estimate of drug-likeness (QED) is 0.548. The van der Waals surface area contributed by atoms with Crippen molar-refractivity contribution in [2.45, 2.75) is 13.8 Å². The maximum absolute atomic E-state index is 12.1. The number of anilines is 2. The number of rotatable bonds is 7. The first-order valence-electron chi connectivity index (χ1n) is 8.91. The van der Waals surface area contributed by atoms with Gasteiger partial charge in [-0.25, -0.2) is 9.78 Å². The van der Waals surface area contributed by atoms with Crippen molar-refractivity contribution in [3.63, 3.8) is 0 Å². The highest BCUT2D eigenvalue weighted by Gasteiger charge is 2.15. The molecule has 0 spiro atoms. The van der Waals surface area contributed by atoms with Crippen LogP contribution in [0.1, 0.15) is 24.3 Å². The molecule has 28 heavy (non-hydrogen) atoms. The second-order valence-corrected chi connectivity index (χ2v) is 6.29. The van der Waals surface area contributed by atoms with E-state index in [9.17, 15) is 4.79 Å². The fourth-order valence-corrected chi connectivity index (χ4v) is 2.97. The Kier molecular flexibility index (Phi) is 6.21. The van der Waals surface area contributed by atoms with E-state index in [0.29, 0.717) is 46.6 Å². The standard InChI is InChI=1S/C21H21ClN2O4/c1-4-27-14-7-9-20(28-5-2)18(11-14)24-17-12-19(21(25)26-3)23-16-8-6-13(22)10-15(16)17/h6-12H,4-5H2,1-3H3,(H,23,24). The minimum absolute atomic E-state index is 0.193. The summed E-state index contributed by atoms with van der Waals surface area (Å²) >= 11 is 6.18. The molecule has 1 aromatic heterocycles. The normalized spacial score (nSPS) is 10.6. The number of nitrogens with zero attached hydrogens (tertiary/aromatic N) is 1. The molecule has 0 unspecified atom stereocenters. The number of carbonyl (C=O) groups is 1. The molecule has 146 valence electrons. The van der Waals surface area contributed by atoms with Gasteiger partial charge in [0.1, 0.15) is 11.5 Å². The van der Waals surface area contributed by atoms with Crippen molar-refractivity contribution in [3.8, 4) is 11.5 Å². The van der Waals surface area contributed by atoms with Crippen LogP contribution >= 0.6 is 11.6 Å². The predicted octanol–water partition coefficient (Wildman–Crippen LogP) is 5.22. The summed E-state index contributed by atoms with van der Waals surface area (Å²) < 4.78 is 16.2. The van der Waals surface area contributed by atoms with Gasteiger partial charge in [0, 0.05) is 16.5 Å². The van der Waals surface area contributed by atoms with Crippen molar-refractivity contribution in [2.24, 2.45) is 0 Å². The number of hydrogen-bond acceptors (Lipinski definition) is 6. The topological polar surface area (TPSA) is 69.7 Å². The second kappa shape index (κ2) is 8.80. The van der Waals surface area contributed by atoms with E-state index < -0.39 is 5.97 Å². The Hall–Kier alpha value is -2.99. The molecule has 0 fully saturated rings. The van der Waals surface area contributed by atoms with Crippen molar-refractivity contribution >= 4 is 39.8 Å². The molecule has 3 aromatic rings. The van der Waals surface area contributed by atoms with Crippen molar-refractivity contribution in [2.75, 3.05) is 25.6 Å². The Morgan fingerprint density at radius 1 is 1.04 bits per heavy atom. The molecule has 0 radical (unpaired) electrons. The number of hydrogen-bond donors (Lipinski definition) is 1. The van der Waals surface area contributed by atoms with Crippen LogP contribution in [0.25, 0.3) is 10.9 Å². The number of pyridine rings is 1. The van der Waals surface area contributed by atoms with Crippen LogP contribution in [0.4, 0.5) is 11.4 Å². The third-order valence-corrected chi connectivity index (χ3v) is 4.23. The highest BCUT2D eigenvalue weighted by Crippen LogP contribution is 2.35. The zero-order valence-corrected chi connectivity index (χ0v) is 16.7. The number of nitrogens with one attached hydrogen (secondary N) is 1. The molecule has 1 heterocycles. The van der Waals surface area contributed by atoms with Crippen molar-refractivity contribution in [1.82, 2.24) is 4.98 Å². The molecule has 6 nitrogen and oxygen atoms in total. The molecular formula is C21H21ClN2O4. The lowest BCUT2D eigenvalue weighted by Crippen LogP contribution is -2.06. The Morgan fingerprint density at radius 2 is 1.82 bits per heavy atom. The van der Waals surface area contributed by atoms with Gasteiger partial charge >= 0.3 is 5.97 Å². The zero-order valence-electron chi connectivity index (χ0n) is 15.9. The van der Waals surface area contributed by atoms with Gasteiger partial charge in [-0.1, -0.05) is 11.6 Å². The summed E-state index contributed by atoms with van der Waals surface area (Å²) in [5.74, 6) is 0.851. The fourth-order valence-electron chi connectivity index (χ4n) is 2.80. The summed E-state index contributed by atoms with van der Waals surface area (Å²) in [6.45, 7) is 4.90. The zero-order chi connectivity index (χ0) is 20.1. The maximum atomic E-state index is 12.1. The first kappa shape index (κ1) is 19.8. The molecule has 0 amide bonds.